The molecule has 2 N–H and O–H groups in total. The molecule has 6 rings (SSSR count). The minimum atomic E-state index is -1.03. The number of fused-ring (bicyclic) bond motifs is 2. The summed E-state index contributed by atoms with van der Waals surface area (Å²) in [6.45, 7) is 5.30. The van der Waals surface area contributed by atoms with Gasteiger partial charge in [0.05, 0.1) is 0 Å². The number of amides is 2. The molecule has 44 heavy (non-hydrogen) atoms. The third-order valence-corrected chi connectivity index (χ3v) is 8.29. The number of alkyl carbamates (subject to hydrolysis) is 1. The number of nitrogens with zero attached hydrogens (tertiary/aromatic N) is 1. The van der Waals surface area contributed by atoms with Gasteiger partial charge < -0.3 is 19.2 Å². The zero-order chi connectivity index (χ0) is 30.7. The molecule has 0 saturated heterocycles. The van der Waals surface area contributed by atoms with E-state index in [9.17, 15) is 9.59 Å². The number of carbonyl (C=O) groups excluding carboxylic acids is 2. The van der Waals surface area contributed by atoms with Crippen LogP contribution in [0.2, 0.25) is 0 Å². The molecule has 1 saturated carbocycles. The average molecular weight is 594 g/mol. The van der Waals surface area contributed by atoms with E-state index < -0.39 is 23.6 Å². The molecule has 2 amide bonds. The molecule has 2 aliphatic rings. The van der Waals surface area contributed by atoms with Gasteiger partial charge in [-0.1, -0.05) is 67.1 Å². The Labute approximate surface area is 257 Å². The van der Waals surface area contributed by atoms with Gasteiger partial charge in [0.1, 0.15) is 28.6 Å². The maximum absolute atomic E-state index is 13.5. The van der Waals surface area contributed by atoms with Crippen molar-refractivity contribution in [3.05, 3.63) is 95.5 Å². The Balaban J connectivity index is 1.36. The van der Waals surface area contributed by atoms with Crippen molar-refractivity contribution >= 4 is 23.0 Å². The minimum Gasteiger partial charge on any atom is -0.487 e. The first kappa shape index (κ1) is 29.5. The predicted molar refractivity (Wildman–Crippen MR) is 169 cm³/mol. The number of aryl methyl sites for hydroxylation is 1. The maximum Gasteiger partial charge on any atom is 0.408 e. The first-order valence-electron chi connectivity index (χ1n) is 15.4. The maximum atomic E-state index is 13.5. The molecule has 1 fully saturated rings. The fourth-order valence-electron chi connectivity index (χ4n) is 6.19. The van der Waals surface area contributed by atoms with Crippen LogP contribution in [0, 0.1) is 0 Å². The van der Waals surface area contributed by atoms with Crippen molar-refractivity contribution in [2.24, 2.45) is 5.10 Å². The van der Waals surface area contributed by atoms with E-state index in [0.29, 0.717) is 11.1 Å². The van der Waals surface area contributed by atoms with Crippen molar-refractivity contribution in [3.8, 4) is 16.9 Å². The Hall–Kier alpha value is -4.59. The van der Waals surface area contributed by atoms with E-state index >= 15 is 0 Å². The molecular weight excluding hydrogens is 554 g/mol. The molecule has 0 unspecified atom stereocenters. The SMILES string of the molecule is CC(C)(C)OC(=O)N[C@H](C(=O)NN=c1cc(-c2ccccc2)c2cc3c(cc2o1)OC1(CCCCC1)CC3)c1ccccc1. The second-order valence-electron chi connectivity index (χ2n) is 12.7. The van der Waals surface area contributed by atoms with Crippen molar-refractivity contribution in [2.75, 3.05) is 0 Å². The van der Waals surface area contributed by atoms with Crippen LogP contribution in [0.4, 0.5) is 4.79 Å². The summed E-state index contributed by atoms with van der Waals surface area (Å²) < 4.78 is 18.4. The molecule has 1 aliphatic heterocycles. The van der Waals surface area contributed by atoms with Crippen LogP contribution in [0.5, 0.6) is 5.75 Å². The van der Waals surface area contributed by atoms with Crippen molar-refractivity contribution in [1.82, 2.24) is 10.7 Å². The van der Waals surface area contributed by atoms with Crippen LogP contribution < -0.4 is 21.0 Å². The van der Waals surface area contributed by atoms with Gasteiger partial charge in [-0.3, -0.25) is 4.79 Å². The molecule has 0 bridgehead atoms. The number of rotatable bonds is 5. The number of hydrogen-bond acceptors (Lipinski definition) is 6. The van der Waals surface area contributed by atoms with Crippen LogP contribution in [0.1, 0.15) is 76.5 Å². The van der Waals surface area contributed by atoms with E-state index in [-0.39, 0.29) is 11.2 Å². The summed E-state index contributed by atoms with van der Waals surface area (Å²) in [5.74, 6) is 0.326. The Kier molecular flexibility index (Phi) is 8.17. The van der Waals surface area contributed by atoms with Crippen LogP contribution in [-0.4, -0.2) is 23.2 Å². The van der Waals surface area contributed by atoms with Crippen LogP contribution in [0.25, 0.3) is 22.1 Å². The zero-order valence-electron chi connectivity index (χ0n) is 25.5. The smallest absolute Gasteiger partial charge is 0.408 e. The third kappa shape index (κ3) is 6.64. The van der Waals surface area contributed by atoms with Gasteiger partial charge in [0.25, 0.3) is 5.91 Å². The van der Waals surface area contributed by atoms with Gasteiger partial charge in [-0.15, -0.1) is 5.10 Å². The highest BCUT2D eigenvalue weighted by Crippen LogP contribution is 2.44. The predicted octanol–water partition coefficient (Wildman–Crippen LogP) is 7.33. The summed E-state index contributed by atoms with van der Waals surface area (Å²) in [4.78, 5) is 26.1. The van der Waals surface area contributed by atoms with Crippen LogP contribution in [0.15, 0.2) is 88.4 Å². The fourth-order valence-corrected chi connectivity index (χ4v) is 6.19. The second kappa shape index (κ2) is 12.2. The topological polar surface area (TPSA) is 102 Å². The van der Waals surface area contributed by atoms with Gasteiger partial charge in [0, 0.05) is 17.5 Å². The van der Waals surface area contributed by atoms with Gasteiger partial charge in [-0.25, -0.2) is 10.2 Å². The Morgan fingerprint density at radius 2 is 1.61 bits per heavy atom. The molecule has 3 aromatic carbocycles. The highest BCUT2D eigenvalue weighted by atomic mass is 16.6. The molecule has 2 heterocycles. The van der Waals surface area contributed by atoms with Crippen LogP contribution >= 0.6 is 0 Å². The zero-order valence-corrected chi connectivity index (χ0v) is 25.5. The molecule has 0 radical (unpaired) electrons. The number of carbonyl (C=O) groups is 2. The van der Waals surface area contributed by atoms with Crippen LogP contribution in [-0.2, 0) is 16.0 Å². The lowest BCUT2D eigenvalue weighted by molar-refractivity contribution is -0.123. The van der Waals surface area contributed by atoms with Crippen molar-refractivity contribution in [2.45, 2.75) is 83.0 Å². The molecule has 1 spiro atoms. The van der Waals surface area contributed by atoms with E-state index in [1.165, 1.54) is 24.8 Å². The van der Waals surface area contributed by atoms with Crippen molar-refractivity contribution in [3.63, 3.8) is 0 Å². The minimum absolute atomic E-state index is 0.0925. The number of ether oxygens (including phenoxy) is 2. The summed E-state index contributed by atoms with van der Waals surface area (Å²) >= 11 is 0. The molecule has 228 valence electrons. The molecule has 8 heteroatoms. The highest BCUT2D eigenvalue weighted by Gasteiger charge is 2.37. The molecule has 8 nitrogen and oxygen atoms in total. The molecule has 4 aromatic rings. The lowest BCUT2D eigenvalue weighted by atomic mass is 9.79. The third-order valence-electron chi connectivity index (χ3n) is 8.29. The largest absolute Gasteiger partial charge is 0.487 e. The van der Waals surface area contributed by atoms with Gasteiger partial charge in [0.15, 0.2) is 0 Å². The van der Waals surface area contributed by atoms with E-state index in [4.69, 9.17) is 13.9 Å². The number of hydrogen-bond donors (Lipinski definition) is 2. The summed E-state index contributed by atoms with van der Waals surface area (Å²) in [5, 5.41) is 8.00. The van der Waals surface area contributed by atoms with Gasteiger partial charge in [-0.05, 0) is 87.6 Å². The fraction of sp³-hybridized carbons (Fsp3) is 0.361. The number of benzene rings is 3. The Morgan fingerprint density at radius 3 is 2.32 bits per heavy atom. The van der Waals surface area contributed by atoms with E-state index in [1.54, 1.807) is 45.0 Å². The molecule has 1 atom stereocenters. The van der Waals surface area contributed by atoms with E-state index in [2.05, 4.69) is 21.9 Å². The standard InChI is InChI=1S/C36H39N3O5/c1-35(2,3)44-34(41)37-32(25-15-9-5-10-16-25)33(40)39-38-31-22-27(24-13-7-4-8-14-24)28-21-26-17-20-36(18-11-6-12-19-36)43-29(26)23-30(28)42-31/h4-5,7-10,13-16,21-23,32H,6,11-12,17-20H2,1-3H3,(H,37,41)(H,39,40)/t32-/m0/s1. The summed E-state index contributed by atoms with van der Waals surface area (Å²) in [5.41, 5.74) is 6.35. The lowest BCUT2D eigenvalue weighted by Crippen LogP contribution is -2.41. The van der Waals surface area contributed by atoms with E-state index in [0.717, 1.165) is 47.9 Å². The van der Waals surface area contributed by atoms with Crippen molar-refractivity contribution < 1.29 is 23.5 Å². The van der Waals surface area contributed by atoms with Crippen LogP contribution in [0.3, 0.4) is 0 Å². The first-order chi connectivity index (χ1) is 21.2. The monoisotopic (exact) mass is 593 g/mol. The Bertz CT molecular complexity index is 1720. The molecular formula is C36H39N3O5. The Morgan fingerprint density at radius 1 is 0.909 bits per heavy atom. The first-order valence-corrected chi connectivity index (χ1v) is 15.4. The number of nitrogens with one attached hydrogen (secondary N) is 2. The quantitative estimate of drug-likeness (QED) is 0.236. The highest BCUT2D eigenvalue weighted by molar-refractivity contribution is 5.94. The molecule has 1 aliphatic carbocycles. The summed E-state index contributed by atoms with van der Waals surface area (Å²) in [6, 6.07) is 24.0. The van der Waals surface area contributed by atoms with Gasteiger partial charge >= 0.3 is 6.09 Å². The molecule has 1 aromatic heterocycles. The van der Waals surface area contributed by atoms with Crippen molar-refractivity contribution in [1.29, 1.82) is 0 Å². The second-order valence-corrected chi connectivity index (χ2v) is 12.7. The summed E-state index contributed by atoms with van der Waals surface area (Å²) in [7, 11) is 0. The van der Waals surface area contributed by atoms with Gasteiger partial charge in [0.2, 0.25) is 5.55 Å². The van der Waals surface area contributed by atoms with Gasteiger partial charge in [-0.2, -0.15) is 0 Å². The normalized spacial score (nSPS) is 16.9. The lowest BCUT2D eigenvalue weighted by Gasteiger charge is -2.41. The summed E-state index contributed by atoms with van der Waals surface area (Å²) in [6.07, 6.45) is 7.11. The average Bonchev–Trinajstić information content (AvgIpc) is 3.01. The van der Waals surface area contributed by atoms with E-state index in [1.807, 2.05) is 48.5 Å².